The lowest BCUT2D eigenvalue weighted by Gasteiger charge is -2.21. The second-order valence-electron chi connectivity index (χ2n) is 6.94. The van der Waals surface area contributed by atoms with Crippen LogP contribution >= 0.6 is 0 Å². The summed E-state index contributed by atoms with van der Waals surface area (Å²) in [7, 11) is -0.295. The molecule has 0 aliphatic carbocycles. The zero-order valence-electron chi connectivity index (χ0n) is 16.8. The first-order valence-electron chi connectivity index (χ1n) is 9.63. The Labute approximate surface area is 172 Å². The molecule has 0 bridgehead atoms. The number of nitrogens with zero attached hydrogens (tertiary/aromatic N) is 1. The predicted molar refractivity (Wildman–Crippen MR) is 112 cm³/mol. The van der Waals surface area contributed by atoms with Gasteiger partial charge in [-0.05, 0) is 48.7 Å². The first-order valence-corrected chi connectivity index (χ1v) is 11.1. The van der Waals surface area contributed by atoms with Gasteiger partial charge in [-0.2, -0.15) is 0 Å². The van der Waals surface area contributed by atoms with Crippen molar-refractivity contribution in [3.8, 4) is 11.5 Å². The van der Waals surface area contributed by atoms with Crippen LogP contribution in [0.15, 0.2) is 53.4 Å². The van der Waals surface area contributed by atoms with Crippen molar-refractivity contribution >= 4 is 15.7 Å². The van der Waals surface area contributed by atoms with Gasteiger partial charge in [-0.1, -0.05) is 12.1 Å². The highest BCUT2D eigenvalue weighted by Crippen LogP contribution is 2.31. The first-order chi connectivity index (χ1) is 14.0. The standard InChI is InChI=1S/C21H28N2O5S/c1-26-13-14-28-18-7-9-19(10-8-18)29(24,25)22-15-17-11-12-23(16-17)20-5-3-4-6-21(20)27-2/h3-10,17,22H,11-16H2,1-2H3. The van der Waals surface area contributed by atoms with Gasteiger partial charge in [0.1, 0.15) is 18.1 Å². The van der Waals surface area contributed by atoms with E-state index in [1.165, 1.54) is 0 Å². The van der Waals surface area contributed by atoms with Gasteiger partial charge in [-0.15, -0.1) is 0 Å². The van der Waals surface area contributed by atoms with E-state index in [0.717, 1.165) is 30.9 Å². The molecule has 0 spiro atoms. The number of hydrogen-bond donors (Lipinski definition) is 1. The quantitative estimate of drug-likeness (QED) is 0.595. The molecule has 3 rings (SSSR count). The Morgan fingerprint density at radius 3 is 2.55 bits per heavy atom. The summed E-state index contributed by atoms with van der Waals surface area (Å²) in [5.74, 6) is 1.69. The molecule has 1 atom stereocenters. The summed E-state index contributed by atoms with van der Waals surface area (Å²) in [6.07, 6.45) is 0.923. The Bertz CT molecular complexity index is 886. The second-order valence-corrected chi connectivity index (χ2v) is 8.70. The number of benzene rings is 2. The predicted octanol–water partition coefficient (Wildman–Crippen LogP) is 2.53. The average molecular weight is 421 g/mol. The number of hydrogen-bond acceptors (Lipinski definition) is 6. The smallest absolute Gasteiger partial charge is 0.240 e. The molecule has 0 radical (unpaired) electrons. The highest BCUT2D eigenvalue weighted by molar-refractivity contribution is 7.89. The van der Waals surface area contributed by atoms with Crippen molar-refractivity contribution in [2.45, 2.75) is 11.3 Å². The molecule has 8 heteroatoms. The van der Waals surface area contributed by atoms with Crippen molar-refractivity contribution in [2.24, 2.45) is 5.92 Å². The molecule has 7 nitrogen and oxygen atoms in total. The van der Waals surface area contributed by atoms with Gasteiger partial charge >= 0.3 is 0 Å². The molecular weight excluding hydrogens is 392 g/mol. The van der Waals surface area contributed by atoms with Crippen molar-refractivity contribution in [1.82, 2.24) is 4.72 Å². The molecule has 0 saturated carbocycles. The highest BCUT2D eigenvalue weighted by atomic mass is 32.2. The van der Waals surface area contributed by atoms with Gasteiger partial charge in [0.2, 0.25) is 10.0 Å². The van der Waals surface area contributed by atoms with E-state index in [-0.39, 0.29) is 10.8 Å². The average Bonchev–Trinajstić information content (AvgIpc) is 3.22. The Morgan fingerprint density at radius 1 is 1.07 bits per heavy atom. The first kappa shape index (κ1) is 21.4. The van der Waals surface area contributed by atoms with E-state index in [1.807, 2.05) is 24.3 Å². The second kappa shape index (κ2) is 9.96. The van der Waals surface area contributed by atoms with Gasteiger partial charge in [0.15, 0.2) is 0 Å². The lowest BCUT2D eigenvalue weighted by atomic mass is 10.1. The number of methoxy groups -OCH3 is 2. The summed E-state index contributed by atoms with van der Waals surface area (Å²) in [5, 5.41) is 0. The molecule has 1 aliphatic rings. The van der Waals surface area contributed by atoms with Gasteiger partial charge < -0.3 is 19.1 Å². The molecule has 0 amide bonds. The van der Waals surface area contributed by atoms with E-state index < -0.39 is 10.0 Å². The molecule has 2 aromatic carbocycles. The van der Waals surface area contributed by atoms with Crippen LogP contribution < -0.4 is 19.1 Å². The molecule has 1 unspecified atom stereocenters. The van der Waals surface area contributed by atoms with Crippen LogP contribution in [-0.2, 0) is 14.8 Å². The van der Waals surface area contributed by atoms with Crippen LogP contribution in [0.3, 0.4) is 0 Å². The SMILES string of the molecule is COCCOc1ccc(S(=O)(=O)NCC2CCN(c3ccccc3OC)C2)cc1. The van der Waals surface area contributed by atoms with Gasteiger partial charge in [0.05, 0.1) is 24.3 Å². The van der Waals surface area contributed by atoms with Gasteiger partial charge in [-0.3, -0.25) is 0 Å². The van der Waals surface area contributed by atoms with E-state index in [0.29, 0.717) is 25.5 Å². The maximum absolute atomic E-state index is 12.6. The van der Waals surface area contributed by atoms with Gasteiger partial charge in [0.25, 0.3) is 0 Å². The molecule has 0 aromatic heterocycles. The number of ether oxygens (including phenoxy) is 3. The Hall–Kier alpha value is -2.29. The highest BCUT2D eigenvalue weighted by Gasteiger charge is 2.26. The molecule has 2 aromatic rings. The van der Waals surface area contributed by atoms with Crippen LogP contribution in [0.2, 0.25) is 0 Å². The van der Waals surface area contributed by atoms with Crippen LogP contribution in [-0.4, -0.2) is 55.5 Å². The Balaban J connectivity index is 1.54. The van der Waals surface area contributed by atoms with E-state index in [2.05, 4.69) is 9.62 Å². The topological polar surface area (TPSA) is 77.1 Å². The molecule has 1 fully saturated rings. The Kier molecular flexibility index (Phi) is 7.35. The molecule has 29 heavy (non-hydrogen) atoms. The zero-order valence-corrected chi connectivity index (χ0v) is 17.7. The maximum Gasteiger partial charge on any atom is 0.240 e. The lowest BCUT2D eigenvalue weighted by Crippen LogP contribution is -2.31. The van der Waals surface area contributed by atoms with E-state index >= 15 is 0 Å². The fourth-order valence-electron chi connectivity index (χ4n) is 3.38. The summed E-state index contributed by atoms with van der Waals surface area (Å²) in [6.45, 7) is 2.97. The summed E-state index contributed by atoms with van der Waals surface area (Å²) in [6, 6.07) is 14.3. The minimum atomic E-state index is -3.56. The summed E-state index contributed by atoms with van der Waals surface area (Å²) in [5.41, 5.74) is 1.05. The number of sulfonamides is 1. The summed E-state index contributed by atoms with van der Waals surface area (Å²) >= 11 is 0. The van der Waals surface area contributed by atoms with E-state index in [9.17, 15) is 8.42 Å². The van der Waals surface area contributed by atoms with Crippen LogP contribution in [0.5, 0.6) is 11.5 Å². The maximum atomic E-state index is 12.6. The van der Waals surface area contributed by atoms with Gasteiger partial charge in [-0.25, -0.2) is 13.1 Å². The third-order valence-electron chi connectivity index (χ3n) is 4.96. The summed E-state index contributed by atoms with van der Waals surface area (Å²) < 4.78 is 43.8. The van der Waals surface area contributed by atoms with E-state index in [4.69, 9.17) is 14.2 Å². The number of para-hydroxylation sites is 2. The minimum Gasteiger partial charge on any atom is -0.495 e. The van der Waals surface area contributed by atoms with Crippen molar-refractivity contribution in [2.75, 3.05) is 52.0 Å². The minimum absolute atomic E-state index is 0.233. The lowest BCUT2D eigenvalue weighted by molar-refractivity contribution is 0.146. The van der Waals surface area contributed by atoms with Crippen molar-refractivity contribution in [1.29, 1.82) is 0 Å². The van der Waals surface area contributed by atoms with Crippen LogP contribution in [0.4, 0.5) is 5.69 Å². The third-order valence-corrected chi connectivity index (χ3v) is 6.40. The van der Waals surface area contributed by atoms with Crippen LogP contribution in [0, 0.1) is 5.92 Å². The largest absolute Gasteiger partial charge is 0.495 e. The zero-order chi connectivity index (χ0) is 20.7. The van der Waals surface area contributed by atoms with Gasteiger partial charge in [0, 0.05) is 26.7 Å². The van der Waals surface area contributed by atoms with Crippen LogP contribution in [0.1, 0.15) is 6.42 Å². The van der Waals surface area contributed by atoms with Crippen molar-refractivity contribution < 1.29 is 22.6 Å². The molecule has 1 N–H and O–H groups in total. The molecule has 1 aliphatic heterocycles. The normalized spacial score (nSPS) is 16.8. The fourth-order valence-corrected chi connectivity index (χ4v) is 4.49. The number of anilines is 1. The summed E-state index contributed by atoms with van der Waals surface area (Å²) in [4.78, 5) is 2.47. The molecule has 1 saturated heterocycles. The number of rotatable bonds is 10. The molecular formula is C21H28N2O5S. The molecule has 158 valence electrons. The van der Waals surface area contributed by atoms with Crippen LogP contribution in [0.25, 0.3) is 0 Å². The number of nitrogens with one attached hydrogen (secondary N) is 1. The van der Waals surface area contributed by atoms with E-state index in [1.54, 1.807) is 38.5 Å². The monoisotopic (exact) mass is 420 g/mol. The molecule has 1 heterocycles. The van der Waals surface area contributed by atoms with Crippen molar-refractivity contribution in [3.05, 3.63) is 48.5 Å². The third kappa shape index (κ3) is 5.62. The fraction of sp³-hybridized carbons (Fsp3) is 0.429. The van der Waals surface area contributed by atoms with Crippen molar-refractivity contribution in [3.63, 3.8) is 0 Å². The Morgan fingerprint density at radius 2 is 1.83 bits per heavy atom.